The normalized spacial score (nSPS) is 13.5. The third kappa shape index (κ3) is 3.94. The molecule has 1 aromatic heterocycles. The molecular weight excluding hydrogens is 216 g/mol. The van der Waals surface area contributed by atoms with Gasteiger partial charge in [0.1, 0.15) is 5.82 Å². The first-order chi connectivity index (χ1) is 6.61. The van der Waals surface area contributed by atoms with E-state index >= 15 is 0 Å². The lowest BCUT2D eigenvalue weighted by molar-refractivity contribution is 0.300. The predicted octanol–water partition coefficient (Wildman–Crippen LogP) is 2.21. The lowest BCUT2D eigenvalue weighted by Crippen LogP contribution is -2.01. The first-order valence-corrected chi connectivity index (χ1v) is 6.37. The van der Waals surface area contributed by atoms with Crippen molar-refractivity contribution in [1.82, 2.24) is 9.36 Å². The summed E-state index contributed by atoms with van der Waals surface area (Å²) < 4.78 is 5.23. The van der Waals surface area contributed by atoms with Crippen molar-refractivity contribution in [3.63, 3.8) is 0 Å². The van der Waals surface area contributed by atoms with E-state index in [2.05, 4.69) is 23.2 Å². The summed E-state index contributed by atoms with van der Waals surface area (Å²) in [5.74, 6) is 1.52. The number of aliphatic hydroxyl groups excluding tert-OH is 1. The molecule has 0 amide bonds. The topological polar surface area (TPSA) is 46.0 Å². The summed E-state index contributed by atoms with van der Waals surface area (Å²) in [5.41, 5.74) is 0. The van der Waals surface area contributed by atoms with Crippen LogP contribution in [0.15, 0.2) is 4.34 Å². The third-order valence-corrected chi connectivity index (χ3v) is 3.51. The van der Waals surface area contributed by atoms with Gasteiger partial charge in [0.15, 0.2) is 4.34 Å². The average Bonchev–Trinajstić information content (AvgIpc) is 2.51. The van der Waals surface area contributed by atoms with Gasteiger partial charge in [-0.25, -0.2) is 4.98 Å². The number of hydrogen-bond donors (Lipinski definition) is 1. The monoisotopic (exact) mass is 232 g/mol. The number of aromatic nitrogens is 2. The van der Waals surface area contributed by atoms with Crippen molar-refractivity contribution in [3.8, 4) is 0 Å². The van der Waals surface area contributed by atoms with E-state index in [0.717, 1.165) is 16.6 Å². The molecule has 1 aromatic rings. The molecule has 14 heavy (non-hydrogen) atoms. The summed E-state index contributed by atoms with van der Waals surface area (Å²) in [5, 5.41) is 9.09. The molecule has 1 atom stereocenters. The third-order valence-electron chi connectivity index (χ3n) is 1.60. The van der Waals surface area contributed by atoms with E-state index in [9.17, 15) is 0 Å². The summed E-state index contributed by atoms with van der Waals surface area (Å²) >= 11 is 3.01. The minimum Gasteiger partial charge on any atom is -0.395 e. The van der Waals surface area contributed by atoms with E-state index in [1.807, 2.05) is 6.92 Å². The highest BCUT2D eigenvalue weighted by atomic mass is 32.2. The molecule has 0 aliphatic carbocycles. The second kappa shape index (κ2) is 5.68. The van der Waals surface area contributed by atoms with Crippen LogP contribution >= 0.6 is 23.3 Å². The highest BCUT2D eigenvalue weighted by Gasteiger charge is 2.09. The molecule has 0 aliphatic rings. The van der Waals surface area contributed by atoms with Crippen molar-refractivity contribution in [2.24, 2.45) is 5.92 Å². The molecule has 0 fully saturated rings. The maximum absolute atomic E-state index is 8.88. The Kier molecular flexibility index (Phi) is 4.84. The number of thioether (sulfide) groups is 1. The zero-order valence-corrected chi connectivity index (χ0v) is 10.4. The largest absolute Gasteiger partial charge is 0.395 e. The van der Waals surface area contributed by atoms with Crippen LogP contribution in [0.1, 0.15) is 26.6 Å². The van der Waals surface area contributed by atoms with Gasteiger partial charge in [-0.1, -0.05) is 32.5 Å². The van der Waals surface area contributed by atoms with Crippen LogP contribution in [0.5, 0.6) is 0 Å². The summed E-state index contributed by atoms with van der Waals surface area (Å²) in [7, 11) is 0. The minimum absolute atomic E-state index is 0.184. The maximum atomic E-state index is 8.88. The summed E-state index contributed by atoms with van der Waals surface area (Å²) in [6, 6.07) is 0. The highest BCUT2D eigenvalue weighted by molar-refractivity contribution is 8.01. The van der Waals surface area contributed by atoms with Crippen molar-refractivity contribution >= 4 is 23.3 Å². The number of aliphatic hydroxyl groups is 1. The molecule has 1 N–H and O–H groups in total. The molecule has 5 heteroatoms. The molecule has 1 heterocycles. The Bertz CT molecular complexity index is 276. The Morgan fingerprint density at radius 3 is 2.71 bits per heavy atom. The lowest BCUT2D eigenvalue weighted by Gasteiger charge is -2.02. The van der Waals surface area contributed by atoms with Gasteiger partial charge in [-0.05, 0) is 17.5 Å². The minimum atomic E-state index is 0.184. The summed E-state index contributed by atoms with van der Waals surface area (Å²) in [6.45, 7) is 6.48. The van der Waals surface area contributed by atoms with Gasteiger partial charge in [0.05, 0.1) is 6.61 Å². The Hall–Kier alpha value is -0.130. The fraction of sp³-hybridized carbons (Fsp3) is 0.778. The first-order valence-electron chi connectivity index (χ1n) is 4.72. The molecular formula is C9H16N2OS2. The molecule has 0 saturated heterocycles. The van der Waals surface area contributed by atoms with Gasteiger partial charge in [0, 0.05) is 11.7 Å². The fourth-order valence-electron chi connectivity index (χ4n) is 0.943. The summed E-state index contributed by atoms with van der Waals surface area (Å²) in [4.78, 5) is 4.40. The van der Waals surface area contributed by atoms with Crippen molar-refractivity contribution in [1.29, 1.82) is 0 Å². The Balaban J connectivity index is 2.50. The molecule has 0 bridgehead atoms. The van der Waals surface area contributed by atoms with Gasteiger partial charge < -0.3 is 5.11 Å². The van der Waals surface area contributed by atoms with Crippen molar-refractivity contribution in [2.45, 2.75) is 36.8 Å². The van der Waals surface area contributed by atoms with Crippen LogP contribution in [0, 0.1) is 5.92 Å². The van der Waals surface area contributed by atoms with Gasteiger partial charge in [-0.2, -0.15) is 4.37 Å². The standard InChI is InChI=1S/C9H16N2OS2/c1-6(2)4-8-10-9(14-11-8)13-7(3)5-12/h6-7,12H,4-5H2,1-3H3. The highest BCUT2D eigenvalue weighted by Crippen LogP contribution is 2.24. The van der Waals surface area contributed by atoms with Crippen LogP contribution in [0.4, 0.5) is 0 Å². The van der Waals surface area contributed by atoms with E-state index in [-0.39, 0.29) is 11.9 Å². The molecule has 80 valence electrons. The molecule has 3 nitrogen and oxygen atoms in total. The van der Waals surface area contributed by atoms with Crippen LogP contribution in [-0.2, 0) is 6.42 Å². The first kappa shape index (κ1) is 11.9. The Labute approximate surface area is 93.1 Å². The number of rotatable bonds is 5. The van der Waals surface area contributed by atoms with E-state index in [0.29, 0.717) is 5.92 Å². The molecule has 0 saturated carbocycles. The smallest absolute Gasteiger partial charge is 0.170 e. The Morgan fingerprint density at radius 1 is 1.43 bits per heavy atom. The van der Waals surface area contributed by atoms with E-state index in [4.69, 9.17) is 5.11 Å². The molecule has 0 radical (unpaired) electrons. The van der Waals surface area contributed by atoms with Gasteiger partial charge >= 0.3 is 0 Å². The SMILES string of the molecule is CC(C)Cc1nsc(SC(C)CO)n1. The maximum Gasteiger partial charge on any atom is 0.170 e. The molecule has 0 aromatic carbocycles. The second-order valence-electron chi connectivity index (χ2n) is 3.69. The van der Waals surface area contributed by atoms with E-state index in [1.54, 1.807) is 11.8 Å². The van der Waals surface area contributed by atoms with Crippen LogP contribution in [-0.4, -0.2) is 26.3 Å². The van der Waals surface area contributed by atoms with Crippen LogP contribution in [0.3, 0.4) is 0 Å². The van der Waals surface area contributed by atoms with Gasteiger partial charge in [0.25, 0.3) is 0 Å². The zero-order chi connectivity index (χ0) is 10.6. The average molecular weight is 232 g/mol. The van der Waals surface area contributed by atoms with Gasteiger partial charge in [0.2, 0.25) is 0 Å². The molecule has 1 rings (SSSR count). The number of nitrogens with zero attached hydrogens (tertiary/aromatic N) is 2. The van der Waals surface area contributed by atoms with Gasteiger partial charge in [-0.15, -0.1) is 0 Å². The predicted molar refractivity (Wildman–Crippen MR) is 60.9 cm³/mol. The quantitative estimate of drug-likeness (QED) is 0.791. The fourth-order valence-corrected chi connectivity index (χ4v) is 2.74. The van der Waals surface area contributed by atoms with Gasteiger partial charge in [-0.3, -0.25) is 0 Å². The van der Waals surface area contributed by atoms with E-state index < -0.39 is 0 Å². The molecule has 1 unspecified atom stereocenters. The van der Waals surface area contributed by atoms with Crippen molar-refractivity contribution in [2.75, 3.05) is 6.61 Å². The second-order valence-corrected chi connectivity index (χ2v) is 6.12. The zero-order valence-electron chi connectivity index (χ0n) is 8.73. The van der Waals surface area contributed by atoms with Crippen LogP contribution in [0.2, 0.25) is 0 Å². The number of hydrogen-bond acceptors (Lipinski definition) is 5. The Morgan fingerprint density at radius 2 is 2.14 bits per heavy atom. The van der Waals surface area contributed by atoms with Crippen molar-refractivity contribution in [3.05, 3.63) is 5.82 Å². The van der Waals surface area contributed by atoms with Crippen LogP contribution < -0.4 is 0 Å². The summed E-state index contributed by atoms with van der Waals surface area (Å²) in [6.07, 6.45) is 0.935. The van der Waals surface area contributed by atoms with E-state index in [1.165, 1.54) is 11.5 Å². The molecule has 0 spiro atoms. The van der Waals surface area contributed by atoms with Crippen molar-refractivity contribution < 1.29 is 5.11 Å². The molecule has 0 aliphatic heterocycles. The lowest BCUT2D eigenvalue weighted by atomic mass is 10.1. The van der Waals surface area contributed by atoms with Crippen LogP contribution in [0.25, 0.3) is 0 Å².